The summed E-state index contributed by atoms with van der Waals surface area (Å²) in [6.07, 6.45) is -4.57. The summed E-state index contributed by atoms with van der Waals surface area (Å²) in [7, 11) is 0. The van der Waals surface area contributed by atoms with E-state index in [2.05, 4.69) is 4.98 Å². The molecule has 1 heterocycles. The topological polar surface area (TPSA) is 38.9 Å². The van der Waals surface area contributed by atoms with E-state index in [4.69, 9.17) is 5.73 Å². The van der Waals surface area contributed by atoms with Crippen LogP contribution in [0.4, 0.5) is 13.2 Å². The number of aromatic nitrogens is 1. The van der Waals surface area contributed by atoms with Gasteiger partial charge in [-0.1, -0.05) is 0 Å². The Kier molecular flexibility index (Phi) is 2.69. The van der Waals surface area contributed by atoms with Crippen LogP contribution in [0.1, 0.15) is 5.69 Å². The molecule has 0 amide bonds. The highest BCUT2D eigenvalue weighted by atomic mass is 32.1. The summed E-state index contributed by atoms with van der Waals surface area (Å²) in [6, 6.07) is -1.81. The van der Waals surface area contributed by atoms with Gasteiger partial charge in [0.05, 0.1) is 11.2 Å². The first-order valence-corrected chi connectivity index (χ1v) is 4.14. The Morgan fingerprint density at radius 3 is 2.67 bits per heavy atom. The Labute approximate surface area is 71.2 Å². The molecule has 1 atom stereocenters. The van der Waals surface area contributed by atoms with Crippen LogP contribution in [0.3, 0.4) is 0 Å². The summed E-state index contributed by atoms with van der Waals surface area (Å²) in [6.45, 7) is 0. The number of halogens is 3. The van der Waals surface area contributed by atoms with Crippen molar-refractivity contribution in [3.63, 3.8) is 0 Å². The van der Waals surface area contributed by atoms with Crippen LogP contribution in [-0.4, -0.2) is 17.2 Å². The van der Waals surface area contributed by atoms with Crippen molar-refractivity contribution in [1.29, 1.82) is 0 Å². The molecule has 68 valence electrons. The van der Waals surface area contributed by atoms with Crippen LogP contribution < -0.4 is 5.73 Å². The fraction of sp³-hybridized carbons (Fsp3) is 0.500. The summed E-state index contributed by atoms with van der Waals surface area (Å²) in [4.78, 5) is 3.71. The Balaban J connectivity index is 2.53. The SMILES string of the molecule is NC(Cc1cscn1)C(F)(F)F. The van der Waals surface area contributed by atoms with Crippen LogP contribution in [0.15, 0.2) is 10.9 Å². The molecule has 0 spiro atoms. The average molecular weight is 196 g/mol. The van der Waals surface area contributed by atoms with E-state index in [9.17, 15) is 13.2 Å². The fourth-order valence-corrected chi connectivity index (χ4v) is 1.25. The zero-order valence-electron chi connectivity index (χ0n) is 6.01. The van der Waals surface area contributed by atoms with E-state index in [0.29, 0.717) is 5.69 Å². The van der Waals surface area contributed by atoms with E-state index in [1.165, 1.54) is 16.8 Å². The molecule has 2 nitrogen and oxygen atoms in total. The van der Waals surface area contributed by atoms with Crippen molar-refractivity contribution in [2.45, 2.75) is 18.6 Å². The number of hydrogen-bond acceptors (Lipinski definition) is 3. The quantitative estimate of drug-likeness (QED) is 0.779. The number of nitrogens with two attached hydrogens (primary N) is 1. The molecule has 1 unspecified atom stereocenters. The van der Waals surface area contributed by atoms with Crippen LogP contribution in [0, 0.1) is 0 Å². The molecule has 6 heteroatoms. The molecule has 1 aromatic rings. The third-order valence-corrected chi connectivity index (χ3v) is 1.97. The highest BCUT2D eigenvalue weighted by Crippen LogP contribution is 2.21. The first kappa shape index (κ1) is 9.47. The van der Waals surface area contributed by atoms with Gasteiger partial charge in [-0.3, -0.25) is 0 Å². The van der Waals surface area contributed by atoms with Gasteiger partial charge in [-0.15, -0.1) is 11.3 Å². The molecule has 1 rings (SSSR count). The summed E-state index contributed by atoms with van der Waals surface area (Å²) >= 11 is 1.26. The summed E-state index contributed by atoms with van der Waals surface area (Å²) in [5, 5.41) is 1.56. The van der Waals surface area contributed by atoms with Crippen molar-refractivity contribution < 1.29 is 13.2 Å². The summed E-state index contributed by atoms with van der Waals surface area (Å²) < 4.78 is 35.7. The minimum atomic E-state index is -4.33. The number of hydrogen-bond donors (Lipinski definition) is 1. The van der Waals surface area contributed by atoms with Crippen LogP contribution in [0.25, 0.3) is 0 Å². The van der Waals surface area contributed by atoms with Gasteiger partial charge >= 0.3 is 6.18 Å². The Bertz CT molecular complexity index is 231. The van der Waals surface area contributed by atoms with Crippen LogP contribution in [0.2, 0.25) is 0 Å². The van der Waals surface area contributed by atoms with Gasteiger partial charge in [0.2, 0.25) is 0 Å². The lowest BCUT2D eigenvalue weighted by Crippen LogP contribution is -2.39. The second-order valence-electron chi connectivity index (χ2n) is 2.33. The molecular formula is C6H7F3N2S. The van der Waals surface area contributed by atoms with Crippen LogP contribution in [-0.2, 0) is 6.42 Å². The largest absolute Gasteiger partial charge is 0.404 e. The maximum absolute atomic E-state index is 11.9. The van der Waals surface area contributed by atoms with Crippen LogP contribution >= 0.6 is 11.3 Å². The normalized spacial score (nSPS) is 14.7. The predicted octanol–water partition coefficient (Wildman–Crippen LogP) is 1.58. The molecule has 0 aliphatic carbocycles. The maximum atomic E-state index is 11.9. The van der Waals surface area contributed by atoms with E-state index in [-0.39, 0.29) is 6.42 Å². The van der Waals surface area contributed by atoms with Crippen molar-refractivity contribution in [2.75, 3.05) is 0 Å². The van der Waals surface area contributed by atoms with Crippen molar-refractivity contribution in [3.05, 3.63) is 16.6 Å². The van der Waals surface area contributed by atoms with Gasteiger partial charge in [-0.25, -0.2) is 4.98 Å². The third-order valence-electron chi connectivity index (χ3n) is 1.33. The third kappa shape index (κ3) is 2.46. The summed E-state index contributed by atoms with van der Waals surface area (Å²) in [5.74, 6) is 0. The van der Waals surface area contributed by atoms with Crippen molar-refractivity contribution in [2.24, 2.45) is 5.73 Å². The molecule has 2 N–H and O–H groups in total. The fourth-order valence-electron chi connectivity index (χ4n) is 0.679. The first-order chi connectivity index (χ1) is 5.50. The molecular weight excluding hydrogens is 189 g/mol. The number of rotatable bonds is 2. The highest BCUT2D eigenvalue weighted by Gasteiger charge is 2.36. The standard InChI is InChI=1S/C6H7F3N2S/c7-6(8,9)5(10)1-4-2-12-3-11-4/h2-3,5H,1,10H2. The molecule has 0 saturated heterocycles. The molecule has 12 heavy (non-hydrogen) atoms. The van der Waals surface area contributed by atoms with Crippen LogP contribution in [0.5, 0.6) is 0 Å². The summed E-state index contributed by atoms with van der Waals surface area (Å²) in [5.41, 5.74) is 6.76. The van der Waals surface area contributed by atoms with Crippen molar-refractivity contribution in [3.8, 4) is 0 Å². The minimum absolute atomic E-state index is 0.243. The lowest BCUT2D eigenvalue weighted by molar-refractivity contribution is -0.147. The number of alkyl halides is 3. The van der Waals surface area contributed by atoms with Gasteiger partial charge in [-0.2, -0.15) is 13.2 Å². The van der Waals surface area contributed by atoms with Gasteiger partial charge in [0.1, 0.15) is 6.04 Å². The average Bonchev–Trinajstić information content (AvgIpc) is 2.37. The number of nitrogens with zero attached hydrogens (tertiary/aromatic N) is 1. The van der Waals surface area contributed by atoms with E-state index in [1.807, 2.05) is 0 Å². The Morgan fingerprint density at radius 1 is 1.58 bits per heavy atom. The van der Waals surface area contributed by atoms with Gasteiger partial charge in [0, 0.05) is 11.8 Å². The van der Waals surface area contributed by atoms with E-state index >= 15 is 0 Å². The Morgan fingerprint density at radius 2 is 2.25 bits per heavy atom. The zero-order chi connectivity index (χ0) is 9.19. The number of thiazole rings is 1. The lowest BCUT2D eigenvalue weighted by Gasteiger charge is -2.13. The molecule has 0 fully saturated rings. The maximum Gasteiger partial charge on any atom is 0.404 e. The van der Waals surface area contributed by atoms with E-state index in [1.54, 1.807) is 5.38 Å². The monoisotopic (exact) mass is 196 g/mol. The Hall–Kier alpha value is -0.620. The van der Waals surface area contributed by atoms with Crippen molar-refractivity contribution in [1.82, 2.24) is 4.98 Å². The highest BCUT2D eigenvalue weighted by molar-refractivity contribution is 7.07. The molecule has 0 aromatic carbocycles. The second kappa shape index (κ2) is 3.40. The zero-order valence-corrected chi connectivity index (χ0v) is 6.82. The minimum Gasteiger partial charge on any atom is -0.320 e. The van der Waals surface area contributed by atoms with Gasteiger partial charge in [0.25, 0.3) is 0 Å². The van der Waals surface area contributed by atoms with Gasteiger partial charge in [0.15, 0.2) is 0 Å². The van der Waals surface area contributed by atoms with Gasteiger partial charge < -0.3 is 5.73 Å². The lowest BCUT2D eigenvalue weighted by atomic mass is 10.2. The molecule has 0 radical (unpaired) electrons. The first-order valence-electron chi connectivity index (χ1n) is 3.19. The van der Waals surface area contributed by atoms with Gasteiger partial charge in [-0.05, 0) is 0 Å². The second-order valence-corrected chi connectivity index (χ2v) is 3.05. The van der Waals surface area contributed by atoms with E-state index < -0.39 is 12.2 Å². The molecule has 0 aliphatic rings. The molecule has 1 aromatic heterocycles. The predicted molar refractivity (Wildman–Crippen MR) is 39.8 cm³/mol. The van der Waals surface area contributed by atoms with Crippen molar-refractivity contribution >= 4 is 11.3 Å². The molecule has 0 bridgehead atoms. The van der Waals surface area contributed by atoms with E-state index in [0.717, 1.165) is 0 Å². The molecule has 0 aliphatic heterocycles. The molecule has 0 saturated carbocycles. The smallest absolute Gasteiger partial charge is 0.320 e.